The average molecular weight is 460 g/mol. The molecule has 4 rings (SSSR count). The number of ether oxygens (including phenoxy) is 1. The smallest absolute Gasteiger partial charge is 0.243 e. The Morgan fingerprint density at radius 3 is 2.42 bits per heavy atom. The normalized spacial score (nSPS) is 15.5. The van der Waals surface area contributed by atoms with Gasteiger partial charge in [0, 0.05) is 25.4 Å². The molecule has 31 heavy (non-hydrogen) atoms. The molecule has 0 aliphatic carbocycles. The van der Waals surface area contributed by atoms with Crippen LogP contribution in [0.3, 0.4) is 0 Å². The summed E-state index contributed by atoms with van der Waals surface area (Å²) in [7, 11) is -3.53. The van der Waals surface area contributed by atoms with Crippen molar-refractivity contribution in [3.05, 3.63) is 53.6 Å². The van der Waals surface area contributed by atoms with Crippen molar-refractivity contribution in [1.29, 1.82) is 0 Å². The number of nitrogens with zero attached hydrogens (tertiary/aromatic N) is 3. The van der Waals surface area contributed by atoms with E-state index in [2.05, 4.69) is 42.7 Å². The summed E-state index contributed by atoms with van der Waals surface area (Å²) in [6.45, 7) is 6.80. The van der Waals surface area contributed by atoms with E-state index in [9.17, 15) is 8.42 Å². The number of sulfonamides is 1. The Bertz CT molecular complexity index is 1130. The SMILES string of the molecule is CCCn1c(SCc2ccc(CC)cc2)nc2cc(S(=O)(=O)N3CCOCC3)ccc21. The van der Waals surface area contributed by atoms with Crippen LogP contribution in [0, 0.1) is 0 Å². The number of hydrogen-bond donors (Lipinski definition) is 0. The van der Waals surface area contributed by atoms with E-state index in [4.69, 9.17) is 9.72 Å². The van der Waals surface area contributed by atoms with Crippen molar-refractivity contribution in [2.75, 3.05) is 26.3 Å². The van der Waals surface area contributed by atoms with Gasteiger partial charge in [0.15, 0.2) is 5.16 Å². The average Bonchev–Trinajstić information content (AvgIpc) is 3.15. The zero-order valence-corrected chi connectivity index (χ0v) is 19.7. The number of rotatable bonds is 8. The first-order valence-electron chi connectivity index (χ1n) is 10.8. The van der Waals surface area contributed by atoms with Gasteiger partial charge in [0.1, 0.15) is 0 Å². The molecule has 0 saturated carbocycles. The summed E-state index contributed by atoms with van der Waals surface area (Å²) >= 11 is 1.70. The Kier molecular flexibility index (Phi) is 7.01. The number of aromatic nitrogens is 2. The molecule has 0 unspecified atom stereocenters. The topological polar surface area (TPSA) is 64.4 Å². The quantitative estimate of drug-likeness (QED) is 0.470. The highest BCUT2D eigenvalue weighted by Gasteiger charge is 2.27. The van der Waals surface area contributed by atoms with Gasteiger partial charge in [0.2, 0.25) is 10.0 Å². The number of aryl methyl sites for hydroxylation is 2. The second kappa shape index (κ2) is 9.73. The van der Waals surface area contributed by atoms with Crippen LogP contribution >= 0.6 is 11.8 Å². The van der Waals surface area contributed by atoms with Crippen molar-refractivity contribution in [1.82, 2.24) is 13.9 Å². The predicted octanol–water partition coefficient (Wildman–Crippen LogP) is 4.32. The van der Waals surface area contributed by atoms with Gasteiger partial charge in [-0.05, 0) is 42.2 Å². The van der Waals surface area contributed by atoms with E-state index in [1.165, 1.54) is 15.4 Å². The fourth-order valence-electron chi connectivity index (χ4n) is 3.75. The standard InChI is InChI=1S/C23H29N3O3S2/c1-3-11-26-22-10-9-20(31(27,28)25-12-14-29-15-13-25)16-21(22)24-23(26)30-17-19-7-5-18(4-2)6-8-19/h5-10,16H,3-4,11-15,17H2,1-2H3. The fourth-order valence-corrected chi connectivity index (χ4v) is 6.18. The fraction of sp³-hybridized carbons (Fsp3) is 0.435. The van der Waals surface area contributed by atoms with Crippen molar-refractivity contribution in [3.8, 4) is 0 Å². The van der Waals surface area contributed by atoms with E-state index in [1.54, 1.807) is 23.9 Å². The van der Waals surface area contributed by atoms with Gasteiger partial charge in [0.25, 0.3) is 0 Å². The number of morpholine rings is 1. The molecule has 1 aliphatic rings. The molecule has 0 radical (unpaired) electrons. The van der Waals surface area contributed by atoms with E-state index in [1.807, 2.05) is 6.07 Å². The minimum absolute atomic E-state index is 0.301. The summed E-state index contributed by atoms with van der Waals surface area (Å²) in [5.41, 5.74) is 4.30. The molecular weight excluding hydrogens is 430 g/mol. The lowest BCUT2D eigenvalue weighted by molar-refractivity contribution is 0.0730. The number of hydrogen-bond acceptors (Lipinski definition) is 5. The van der Waals surface area contributed by atoms with Gasteiger partial charge in [-0.1, -0.05) is 49.9 Å². The minimum Gasteiger partial charge on any atom is -0.379 e. The van der Waals surface area contributed by atoms with Crippen LogP contribution in [0.4, 0.5) is 0 Å². The third-order valence-corrected chi connectivity index (χ3v) is 8.48. The Morgan fingerprint density at radius 1 is 1.03 bits per heavy atom. The Morgan fingerprint density at radius 2 is 1.74 bits per heavy atom. The van der Waals surface area contributed by atoms with E-state index in [-0.39, 0.29) is 0 Å². The first-order chi connectivity index (χ1) is 15.0. The largest absolute Gasteiger partial charge is 0.379 e. The zero-order chi connectivity index (χ0) is 21.8. The molecule has 166 valence electrons. The van der Waals surface area contributed by atoms with Gasteiger partial charge in [-0.15, -0.1) is 0 Å². The number of fused-ring (bicyclic) bond motifs is 1. The first-order valence-corrected chi connectivity index (χ1v) is 13.2. The van der Waals surface area contributed by atoms with E-state index in [0.29, 0.717) is 31.2 Å². The van der Waals surface area contributed by atoms with E-state index >= 15 is 0 Å². The molecule has 1 saturated heterocycles. The summed E-state index contributed by atoms with van der Waals surface area (Å²) in [5.74, 6) is 0.829. The van der Waals surface area contributed by atoms with Gasteiger partial charge in [0.05, 0.1) is 29.1 Å². The zero-order valence-electron chi connectivity index (χ0n) is 18.1. The number of imidazole rings is 1. The molecule has 8 heteroatoms. The van der Waals surface area contributed by atoms with Crippen LogP contribution in [-0.2, 0) is 33.5 Å². The third kappa shape index (κ3) is 4.82. The molecule has 2 heterocycles. The predicted molar refractivity (Wildman–Crippen MR) is 125 cm³/mol. The highest BCUT2D eigenvalue weighted by Crippen LogP contribution is 2.29. The second-order valence-corrected chi connectivity index (χ2v) is 10.6. The molecule has 1 aromatic heterocycles. The number of thioether (sulfide) groups is 1. The molecule has 0 atom stereocenters. The monoisotopic (exact) mass is 459 g/mol. The Balaban J connectivity index is 1.61. The third-order valence-electron chi connectivity index (χ3n) is 5.54. The molecule has 3 aromatic rings. The van der Waals surface area contributed by atoms with Crippen LogP contribution < -0.4 is 0 Å². The van der Waals surface area contributed by atoms with Gasteiger partial charge in [-0.2, -0.15) is 4.31 Å². The van der Waals surface area contributed by atoms with Crippen molar-refractivity contribution < 1.29 is 13.2 Å². The molecular formula is C23H29N3O3S2. The maximum Gasteiger partial charge on any atom is 0.243 e. The Labute approximate surface area is 188 Å². The minimum atomic E-state index is -3.53. The highest BCUT2D eigenvalue weighted by molar-refractivity contribution is 7.98. The van der Waals surface area contributed by atoms with Crippen molar-refractivity contribution >= 4 is 32.8 Å². The lowest BCUT2D eigenvalue weighted by atomic mass is 10.1. The van der Waals surface area contributed by atoms with E-state index < -0.39 is 10.0 Å². The van der Waals surface area contributed by atoms with Gasteiger partial charge in [-0.3, -0.25) is 0 Å². The van der Waals surface area contributed by atoms with Crippen LogP contribution in [0.25, 0.3) is 11.0 Å². The maximum atomic E-state index is 13.0. The lowest BCUT2D eigenvalue weighted by Crippen LogP contribution is -2.40. The van der Waals surface area contributed by atoms with Crippen LogP contribution in [0.1, 0.15) is 31.4 Å². The van der Waals surface area contributed by atoms with Crippen LogP contribution in [0.15, 0.2) is 52.5 Å². The molecule has 0 spiro atoms. The summed E-state index contributed by atoms with van der Waals surface area (Å²) in [6.07, 6.45) is 2.02. The summed E-state index contributed by atoms with van der Waals surface area (Å²) in [4.78, 5) is 5.12. The van der Waals surface area contributed by atoms with Crippen LogP contribution in [0.5, 0.6) is 0 Å². The second-order valence-electron chi connectivity index (χ2n) is 7.67. The van der Waals surface area contributed by atoms with Crippen molar-refractivity contribution in [2.24, 2.45) is 0 Å². The highest BCUT2D eigenvalue weighted by atomic mass is 32.2. The summed E-state index contributed by atoms with van der Waals surface area (Å²) in [5, 5.41) is 0.928. The van der Waals surface area contributed by atoms with Crippen LogP contribution in [-0.4, -0.2) is 48.6 Å². The van der Waals surface area contributed by atoms with Gasteiger partial charge >= 0.3 is 0 Å². The van der Waals surface area contributed by atoms with Crippen molar-refractivity contribution in [2.45, 2.75) is 49.0 Å². The molecule has 1 fully saturated rings. The van der Waals surface area contributed by atoms with Crippen LogP contribution in [0.2, 0.25) is 0 Å². The Hall–Kier alpha value is -1.87. The molecule has 1 aliphatic heterocycles. The number of benzene rings is 2. The molecule has 6 nitrogen and oxygen atoms in total. The molecule has 0 bridgehead atoms. The maximum absolute atomic E-state index is 13.0. The first kappa shape index (κ1) is 22.3. The van der Waals surface area contributed by atoms with Gasteiger partial charge in [-0.25, -0.2) is 13.4 Å². The lowest BCUT2D eigenvalue weighted by Gasteiger charge is -2.26. The van der Waals surface area contributed by atoms with Crippen molar-refractivity contribution in [3.63, 3.8) is 0 Å². The summed E-state index contributed by atoms with van der Waals surface area (Å²) < 4.78 is 35.1. The van der Waals surface area contributed by atoms with E-state index in [0.717, 1.165) is 41.3 Å². The van der Waals surface area contributed by atoms with Gasteiger partial charge < -0.3 is 9.30 Å². The molecule has 0 N–H and O–H groups in total. The molecule has 0 amide bonds. The summed E-state index contributed by atoms with van der Waals surface area (Å²) in [6, 6.07) is 14.0. The molecule has 2 aromatic carbocycles.